The lowest BCUT2D eigenvalue weighted by Gasteiger charge is -2.34. The third-order valence-electron chi connectivity index (χ3n) is 5.00. The molecule has 2 fully saturated rings. The van der Waals surface area contributed by atoms with Gasteiger partial charge in [-0.15, -0.1) is 0 Å². The van der Waals surface area contributed by atoms with Crippen molar-refractivity contribution >= 4 is 5.91 Å². The topological polar surface area (TPSA) is 29.5 Å². The number of benzene rings is 1. The zero-order chi connectivity index (χ0) is 15.0. The summed E-state index contributed by atoms with van der Waals surface area (Å²) in [5, 5.41) is 0. The SMILES string of the molecule is CCC1(C)COC[C@@H]2CC[C@@H](c3cccc(F)c3)N2C1=O. The minimum absolute atomic E-state index is 0.0224. The molecular weight excluding hydrogens is 269 g/mol. The molecule has 114 valence electrons. The molecule has 2 heterocycles. The maximum absolute atomic E-state index is 13.5. The summed E-state index contributed by atoms with van der Waals surface area (Å²) < 4.78 is 19.3. The molecule has 2 aliphatic rings. The Morgan fingerprint density at radius 1 is 1.43 bits per heavy atom. The molecule has 0 N–H and O–H groups in total. The standard InChI is InChI=1S/C17H22FNO2/c1-3-17(2)11-21-10-14-7-8-15(19(14)16(17)20)12-5-4-6-13(18)9-12/h4-6,9,14-15H,3,7-8,10-11H2,1-2H3/t14-,15-,17?/m0/s1. The Hall–Kier alpha value is -1.42. The second-order valence-electron chi connectivity index (χ2n) is 6.44. The van der Waals surface area contributed by atoms with Gasteiger partial charge in [0.1, 0.15) is 5.82 Å². The van der Waals surface area contributed by atoms with Gasteiger partial charge in [0, 0.05) is 0 Å². The van der Waals surface area contributed by atoms with E-state index in [1.807, 2.05) is 24.8 Å². The summed E-state index contributed by atoms with van der Waals surface area (Å²) in [4.78, 5) is 15.0. The molecule has 1 amide bonds. The predicted octanol–water partition coefficient (Wildman–Crippen LogP) is 3.30. The van der Waals surface area contributed by atoms with Gasteiger partial charge >= 0.3 is 0 Å². The molecule has 3 nitrogen and oxygen atoms in total. The van der Waals surface area contributed by atoms with Gasteiger partial charge in [0.15, 0.2) is 0 Å². The smallest absolute Gasteiger partial charge is 0.231 e. The van der Waals surface area contributed by atoms with Gasteiger partial charge in [0.2, 0.25) is 5.91 Å². The zero-order valence-corrected chi connectivity index (χ0v) is 12.6. The number of carbonyl (C=O) groups is 1. The molecule has 21 heavy (non-hydrogen) atoms. The summed E-state index contributed by atoms with van der Waals surface area (Å²) in [6.07, 6.45) is 2.56. The van der Waals surface area contributed by atoms with Crippen LogP contribution in [0, 0.1) is 11.2 Å². The molecule has 1 aromatic rings. The summed E-state index contributed by atoms with van der Waals surface area (Å²) in [5.41, 5.74) is 0.427. The van der Waals surface area contributed by atoms with E-state index in [-0.39, 0.29) is 23.8 Å². The summed E-state index contributed by atoms with van der Waals surface area (Å²) >= 11 is 0. The molecule has 0 saturated carbocycles. The number of nitrogens with zero attached hydrogens (tertiary/aromatic N) is 1. The van der Waals surface area contributed by atoms with E-state index >= 15 is 0 Å². The van der Waals surface area contributed by atoms with Crippen LogP contribution in [-0.2, 0) is 9.53 Å². The first-order valence-corrected chi connectivity index (χ1v) is 7.71. The maximum atomic E-state index is 13.5. The quantitative estimate of drug-likeness (QED) is 0.836. The molecule has 0 aromatic heterocycles. The highest BCUT2D eigenvalue weighted by Crippen LogP contribution is 2.42. The normalized spacial score (nSPS) is 32.9. The summed E-state index contributed by atoms with van der Waals surface area (Å²) in [6, 6.07) is 6.73. The highest BCUT2D eigenvalue weighted by Gasteiger charge is 2.47. The monoisotopic (exact) mass is 291 g/mol. The third kappa shape index (κ3) is 2.46. The molecule has 2 aliphatic heterocycles. The molecule has 0 bridgehead atoms. The molecule has 0 aliphatic carbocycles. The van der Waals surface area contributed by atoms with Crippen LogP contribution in [0.4, 0.5) is 4.39 Å². The lowest BCUT2D eigenvalue weighted by molar-refractivity contribution is -0.143. The van der Waals surface area contributed by atoms with Gasteiger partial charge in [-0.3, -0.25) is 4.79 Å². The van der Waals surface area contributed by atoms with Crippen LogP contribution >= 0.6 is 0 Å². The van der Waals surface area contributed by atoms with Crippen molar-refractivity contribution in [2.24, 2.45) is 5.41 Å². The lowest BCUT2D eigenvalue weighted by atomic mass is 9.86. The summed E-state index contributed by atoms with van der Waals surface area (Å²) in [7, 11) is 0. The van der Waals surface area contributed by atoms with E-state index in [1.54, 1.807) is 12.1 Å². The van der Waals surface area contributed by atoms with Crippen molar-refractivity contribution in [2.45, 2.75) is 45.2 Å². The summed E-state index contributed by atoms with van der Waals surface area (Å²) in [5.74, 6) is -0.0908. The fourth-order valence-corrected chi connectivity index (χ4v) is 3.44. The Kier molecular flexibility index (Phi) is 3.74. The van der Waals surface area contributed by atoms with E-state index in [2.05, 4.69) is 0 Å². The fourth-order valence-electron chi connectivity index (χ4n) is 3.44. The number of carbonyl (C=O) groups excluding carboxylic acids is 1. The van der Waals surface area contributed by atoms with Crippen molar-refractivity contribution in [3.05, 3.63) is 35.6 Å². The van der Waals surface area contributed by atoms with Crippen LogP contribution in [0.25, 0.3) is 0 Å². The van der Waals surface area contributed by atoms with Crippen molar-refractivity contribution in [1.29, 1.82) is 0 Å². The molecule has 1 aromatic carbocycles. The predicted molar refractivity (Wildman–Crippen MR) is 78.2 cm³/mol. The number of hydrogen-bond donors (Lipinski definition) is 0. The van der Waals surface area contributed by atoms with Crippen LogP contribution < -0.4 is 0 Å². The van der Waals surface area contributed by atoms with Gasteiger partial charge < -0.3 is 9.64 Å². The van der Waals surface area contributed by atoms with Crippen molar-refractivity contribution in [3.8, 4) is 0 Å². The van der Waals surface area contributed by atoms with Crippen molar-refractivity contribution < 1.29 is 13.9 Å². The highest BCUT2D eigenvalue weighted by atomic mass is 19.1. The fraction of sp³-hybridized carbons (Fsp3) is 0.588. The molecule has 0 spiro atoms. The van der Waals surface area contributed by atoms with E-state index in [9.17, 15) is 9.18 Å². The second kappa shape index (κ2) is 5.41. The Labute approximate surface area is 125 Å². The van der Waals surface area contributed by atoms with Crippen LogP contribution in [0.5, 0.6) is 0 Å². The first-order chi connectivity index (χ1) is 10.0. The first-order valence-electron chi connectivity index (χ1n) is 7.71. The molecule has 3 atom stereocenters. The van der Waals surface area contributed by atoms with Crippen LogP contribution in [0.15, 0.2) is 24.3 Å². The van der Waals surface area contributed by atoms with E-state index < -0.39 is 5.41 Å². The van der Waals surface area contributed by atoms with Crippen LogP contribution in [0.3, 0.4) is 0 Å². The molecular formula is C17H22FNO2. The number of halogens is 1. The molecule has 3 rings (SSSR count). The molecule has 1 unspecified atom stereocenters. The van der Waals surface area contributed by atoms with E-state index in [1.165, 1.54) is 6.07 Å². The average Bonchev–Trinajstić information content (AvgIpc) is 2.85. The van der Waals surface area contributed by atoms with Crippen LogP contribution in [0.2, 0.25) is 0 Å². The Morgan fingerprint density at radius 3 is 2.95 bits per heavy atom. The second-order valence-corrected chi connectivity index (χ2v) is 6.44. The first kappa shape index (κ1) is 14.5. The number of amides is 1. The summed E-state index contributed by atoms with van der Waals surface area (Å²) in [6.45, 7) is 5.06. The molecule has 2 saturated heterocycles. The van der Waals surface area contributed by atoms with Gasteiger partial charge in [-0.1, -0.05) is 19.1 Å². The average molecular weight is 291 g/mol. The van der Waals surface area contributed by atoms with Crippen molar-refractivity contribution in [3.63, 3.8) is 0 Å². The van der Waals surface area contributed by atoms with E-state index in [0.717, 1.165) is 24.8 Å². The zero-order valence-electron chi connectivity index (χ0n) is 12.6. The Morgan fingerprint density at radius 2 is 2.24 bits per heavy atom. The maximum Gasteiger partial charge on any atom is 0.231 e. The van der Waals surface area contributed by atoms with Crippen molar-refractivity contribution in [1.82, 2.24) is 4.90 Å². The highest BCUT2D eigenvalue weighted by molar-refractivity contribution is 5.83. The van der Waals surface area contributed by atoms with Crippen LogP contribution in [-0.4, -0.2) is 30.1 Å². The minimum Gasteiger partial charge on any atom is -0.378 e. The van der Waals surface area contributed by atoms with Gasteiger partial charge in [-0.2, -0.15) is 0 Å². The van der Waals surface area contributed by atoms with Gasteiger partial charge in [0.05, 0.1) is 30.7 Å². The molecule has 4 heteroatoms. The minimum atomic E-state index is -0.468. The third-order valence-corrected chi connectivity index (χ3v) is 5.00. The van der Waals surface area contributed by atoms with E-state index in [0.29, 0.717) is 13.2 Å². The van der Waals surface area contributed by atoms with Gasteiger partial charge in [-0.25, -0.2) is 4.39 Å². The lowest BCUT2D eigenvalue weighted by Crippen LogP contribution is -2.45. The molecule has 0 radical (unpaired) electrons. The van der Waals surface area contributed by atoms with Crippen LogP contribution in [0.1, 0.15) is 44.7 Å². The van der Waals surface area contributed by atoms with Crippen molar-refractivity contribution in [2.75, 3.05) is 13.2 Å². The Balaban J connectivity index is 1.96. The van der Waals surface area contributed by atoms with E-state index in [4.69, 9.17) is 4.74 Å². The Bertz CT molecular complexity index is 547. The number of hydrogen-bond acceptors (Lipinski definition) is 2. The largest absolute Gasteiger partial charge is 0.378 e. The number of ether oxygens (including phenoxy) is 1. The van der Waals surface area contributed by atoms with Gasteiger partial charge in [0.25, 0.3) is 0 Å². The number of rotatable bonds is 2. The van der Waals surface area contributed by atoms with Gasteiger partial charge in [-0.05, 0) is 43.9 Å². The number of fused-ring (bicyclic) bond motifs is 1.